The first-order valence-corrected chi connectivity index (χ1v) is 42.5. The zero-order chi connectivity index (χ0) is 70.0. The summed E-state index contributed by atoms with van der Waals surface area (Å²) in [5.41, 5.74) is 0. The van der Waals surface area contributed by atoms with Crippen LogP contribution in [0.4, 0.5) is 0 Å². The van der Waals surface area contributed by atoms with E-state index in [0.29, 0.717) is 25.7 Å². The summed E-state index contributed by atoms with van der Waals surface area (Å²) >= 11 is 0. The summed E-state index contributed by atoms with van der Waals surface area (Å²) < 4.78 is 68.5. The van der Waals surface area contributed by atoms with E-state index in [0.717, 1.165) is 102 Å². The van der Waals surface area contributed by atoms with E-state index in [1.54, 1.807) is 0 Å². The number of phosphoric ester groups is 2. The van der Waals surface area contributed by atoms with Gasteiger partial charge in [-0.25, -0.2) is 9.13 Å². The molecule has 0 aliphatic rings. The van der Waals surface area contributed by atoms with Crippen LogP contribution in [-0.4, -0.2) is 96.7 Å². The molecular weight excluding hydrogens is 1250 g/mol. The third-order valence-corrected chi connectivity index (χ3v) is 19.6. The highest BCUT2D eigenvalue weighted by Gasteiger charge is 2.30. The maximum atomic E-state index is 13.1. The molecule has 0 rings (SSSR count). The van der Waals surface area contributed by atoms with Crippen LogP contribution in [0, 0.1) is 11.8 Å². The number of carbonyl (C=O) groups is 4. The van der Waals surface area contributed by atoms with Gasteiger partial charge in [0.1, 0.15) is 19.3 Å². The van der Waals surface area contributed by atoms with Gasteiger partial charge >= 0.3 is 39.5 Å². The van der Waals surface area contributed by atoms with Crippen molar-refractivity contribution in [2.24, 2.45) is 11.8 Å². The molecule has 19 heteroatoms. The molecule has 0 radical (unpaired) electrons. The molecule has 2 unspecified atom stereocenters. The van der Waals surface area contributed by atoms with Crippen molar-refractivity contribution in [1.82, 2.24) is 0 Å². The van der Waals surface area contributed by atoms with E-state index >= 15 is 0 Å². The third-order valence-electron chi connectivity index (χ3n) is 17.7. The predicted octanol–water partition coefficient (Wildman–Crippen LogP) is 22.3. The largest absolute Gasteiger partial charge is 0.472 e. The maximum absolute atomic E-state index is 13.1. The zero-order valence-electron chi connectivity index (χ0n) is 62.0. The highest BCUT2D eigenvalue weighted by molar-refractivity contribution is 7.47. The van der Waals surface area contributed by atoms with E-state index < -0.39 is 97.5 Å². The number of hydrogen-bond donors (Lipinski definition) is 3. The lowest BCUT2D eigenvalue weighted by Crippen LogP contribution is -2.30. The quantitative estimate of drug-likeness (QED) is 0.0222. The summed E-state index contributed by atoms with van der Waals surface area (Å²) in [5, 5.41) is 10.6. The van der Waals surface area contributed by atoms with Crippen molar-refractivity contribution in [3.8, 4) is 0 Å². The lowest BCUT2D eigenvalue weighted by atomic mass is 10.0. The van der Waals surface area contributed by atoms with Crippen molar-refractivity contribution < 1.29 is 80.2 Å². The predicted molar refractivity (Wildman–Crippen MR) is 386 cm³/mol. The first-order chi connectivity index (χ1) is 45.9. The topological polar surface area (TPSA) is 237 Å². The summed E-state index contributed by atoms with van der Waals surface area (Å²) in [6.07, 6.45) is 55.3. The molecule has 95 heavy (non-hydrogen) atoms. The van der Waals surface area contributed by atoms with Crippen LogP contribution in [0.25, 0.3) is 0 Å². The van der Waals surface area contributed by atoms with E-state index in [9.17, 15) is 43.2 Å². The number of hydrogen-bond acceptors (Lipinski definition) is 15. The molecule has 0 amide bonds. The minimum absolute atomic E-state index is 0.107. The fraction of sp³-hybridized carbons (Fsp3) is 0.947. The molecule has 0 bridgehead atoms. The summed E-state index contributed by atoms with van der Waals surface area (Å²) in [6, 6.07) is 0. The smallest absolute Gasteiger partial charge is 0.462 e. The van der Waals surface area contributed by atoms with E-state index in [2.05, 4.69) is 41.5 Å². The average Bonchev–Trinajstić information content (AvgIpc) is 1.53. The molecule has 0 heterocycles. The Morgan fingerprint density at radius 2 is 0.484 bits per heavy atom. The molecule has 0 fully saturated rings. The van der Waals surface area contributed by atoms with Gasteiger partial charge in [-0.1, -0.05) is 343 Å². The number of rotatable bonds is 75. The van der Waals surface area contributed by atoms with Crippen LogP contribution in [0.15, 0.2) is 0 Å². The van der Waals surface area contributed by atoms with Gasteiger partial charge in [-0.05, 0) is 37.5 Å². The number of aliphatic hydroxyl groups excluding tert-OH is 1. The molecule has 0 aliphatic heterocycles. The molecule has 0 aromatic rings. The average molecular weight is 1400 g/mol. The Bertz CT molecular complexity index is 1840. The first-order valence-electron chi connectivity index (χ1n) is 39.5. The normalized spacial score (nSPS) is 14.0. The molecule has 17 nitrogen and oxygen atoms in total. The fourth-order valence-electron chi connectivity index (χ4n) is 11.7. The standard InChI is InChI=1S/C76H148O17P2/c1-7-9-11-13-15-17-19-20-21-22-30-36-42-48-54-60-75(80)92-71(64-86-73(78)58-52-46-40-34-18-16-14-12-10-8-2)66-90-94(82,83)88-62-70(77)63-89-95(84,85)91-67-72(93-76(81)61-55-49-43-37-31-26-24-28-33-39-45-51-57-69(5)6)65-87-74(79)59-53-47-41-35-29-25-23-27-32-38-44-50-56-68(3)4/h68-72,77H,7-67H2,1-6H3,(H,82,83)(H,84,85)/t70-,71+,72+/m0/s1. The van der Waals surface area contributed by atoms with Crippen LogP contribution >= 0.6 is 15.6 Å². The van der Waals surface area contributed by atoms with E-state index in [1.807, 2.05) is 0 Å². The number of aliphatic hydroxyl groups is 1. The number of phosphoric acid groups is 2. The second-order valence-electron chi connectivity index (χ2n) is 28.3. The molecular formula is C76H148O17P2. The van der Waals surface area contributed by atoms with Crippen molar-refractivity contribution in [3.63, 3.8) is 0 Å². The molecule has 3 N–H and O–H groups in total. The van der Waals surface area contributed by atoms with Crippen LogP contribution in [0.5, 0.6) is 0 Å². The van der Waals surface area contributed by atoms with Crippen LogP contribution in [-0.2, 0) is 65.4 Å². The van der Waals surface area contributed by atoms with Crippen LogP contribution in [0.3, 0.4) is 0 Å². The van der Waals surface area contributed by atoms with Crippen LogP contribution < -0.4 is 0 Å². The number of carbonyl (C=O) groups excluding carboxylic acids is 4. The molecule has 0 aromatic carbocycles. The Labute approximate surface area is 581 Å². The molecule has 5 atom stereocenters. The van der Waals surface area contributed by atoms with Crippen molar-refractivity contribution in [2.45, 2.75) is 413 Å². The summed E-state index contributed by atoms with van der Waals surface area (Å²) in [4.78, 5) is 72.8. The Morgan fingerprint density at radius 1 is 0.284 bits per heavy atom. The summed E-state index contributed by atoms with van der Waals surface area (Å²) in [6.45, 7) is 9.62. The van der Waals surface area contributed by atoms with Crippen LogP contribution in [0.2, 0.25) is 0 Å². The number of ether oxygens (including phenoxy) is 4. The lowest BCUT2D eigenvalue weighted by molar-refractivity contribution is -0.161. The second-order valence-corrected chi connectivity index (χ2v) is 31.3. The minimum Gasteiger partial charge on any atom is -0.462 e. The Kier molecular flexibility index (Phi) is 66.5. The van der Waals surface area contributed by atoms with E-state index in [1.165, 1.54) is 212 Å². The van der Waals surface area contributed by atoms with Gasteiger partial charge in [0.25, 0.3) is 0 Å². The third kappa shape index (κ3) is 70.3. The molecule has 0 aromatic heterocycles. The van der Waals surface area contributed by atoms with Crippen molar-refractivity contribution in [3.05, 3.63) is 0 Å². The number of esters is 4. The van der Waals surface area contributed by atoms with Gasteiger partial charge in [0, 0.05) is 25.7 Å². The van der Waals surface area contributed by atoms with Gasteiger partial charge in [0.05, 0.1) is 26.4 Å². The second kappa shape index (κ2) is 67.9. The van der Waals surface area contributed by atoms with Gasteiger partial charge in [0.2, 0.25) is 0 Å². The summed E-state index contributed by atoms with van der Waals surface area (Å²) in [7, 11) is -9.91. The molecule has 564 valence electrons. The Balaban J connectivity index is 5.25. The highest BCUT2D eigenvalue weighted by atomic mass is 31.2. The number of unbranched alkanes of at least 4 members (excludes halogenated alkanes) is 45. The van der Waals surface area contributed by atoms with Gasteiger partial charge in [-0.2, -0.15) is 0 Å². The van der Waals surface area contributed by atoms with Crippen molar-refractivity contribution in [2.75, 3.05) is 39.6 Å². The Morgan fingerprint density at radius 3 is 0.716 bits per heavy atom. The first kappa shape index (κ1) is 93.1. The Hall–Kier alpha value is -1.94. The molecule has 0 spiro atoms. The van der Waals surface area contributed by atoms with Crippen molar-refractivity contribution >= 4 is 39.5 Å². The van der Waals surface area contributed by atoms with Gasteiger partial charge in [-0.15, -0.1) is 0 Å². The molecule has 0 saturated heterocycles. The van der Waals surface area contributed by atoms with Gasteiger partial charge < -0.3 is 33.8 Å². The molecule has 0 saturated carbocycles. The maximum Gasteiger partial charge on any atom is 0.472 e. The SMILES string of the molecule is CCCCCCCCCCCCCCCCCC(=O)O[C@H](COC(=O)CCCCCCCCCCCC)COP(=O)(O)OC[C@H](O)COP(=O)(O)OC[C@@H](COC(=O)CCCCCCCCCCCCCCC(C)C)OC(=O)CCCCCCCCCCCCCCC(C)C. The van der Waals surface area contributed by atoms with Crippen molar-refractivity contribution in [1.29, 1.82) is 0 Å². The summed E-state index contributed by atoms with van der Waals surface area (Å²) in [5.74, 6) is -0.555. The minimum atomic E-state index is -4.96. The van der Waals surface area contributed by atoms with E-state index in [4.69, 9.17) is 37.0 Å². The van der Waals surface area contributed by atoms with Gasteiger partial charge in [-0.3, -0.25) is 37.3 Å². The van der Waals surface area contributed by atoms with E-state index in [-0.39, 0.29) is 25.7 Å². The van der Waals surface area contributed by atoms with Crippen LogP contribution in [0.1, 0.15) is 395 Å². The zero-order valence-corrected chi connectivity index (χ0v) is 63.8. The highest BCUT2D eigenvalue weighted by Crippen LogP contribution is 2.45. The molecule has 0 aliphatic carbocycles. The van der Waals surface area contributed by atoms with Gasteiger partial charge in [0.15, 0.2) is 12.2 Å². The lowest BCUT2D eigenvalue weighted by Gasteiger charge is -2.21. The fourth-order valence-corrected chi connectivity index (χ4v) is 13.2. The monoisotopic (exact) mass is 1400 g/mol.